The third-order valence-electron chi connectivity index (χ3n) is 3.57. The van der Waals surface area contributed by atoms with E-state index in [2.05, 4.69) is 42.7 Å². The van der Waals surface area contributed by atoms with Gasteiger partial charge >= 0.3 is 0 Å². The van der Waals surface area contributed by atoms with Gasteiger partial charge in [-0.1, -0.05) is 23.8 Å². The van der Waals surface area contributed by atoms with Gasteiger partial charge in [0.2, 0.25) is 5.91 Å². The summed E-state index contributed by atoms with van der Waals surface area (Å²) in [5.41, 5.74) is 3.85. The number of amides is 1. The van der Waals surface area contributed by atoms with Gasteiger partial charge in [0.1, 0.15) is 0 Å². The lowest BCUT2D eigenvalue weighted by Crippen LogP contribution is -2.42. The normalized spacial score (nSPS) is 20.3. The van der Waals surface area contributed by atoms with Gasteiger partial charge in [-0.25, -0.2) is 0 Å². The lowest BCUT2D eigenvalue weighted by molar-refractivity contribution is -0.122. The van der Waals surface area contributed by atoms with Crippen molar-refractivity contribution < 1.29 is 4.79 Å². The van der Waals surface area contributed by atoms with Gasteiger partial charge in [0.25, 0.3) is 0 Å². The number of carbonyl (C=O) groups excluding carboxylic acids is 1. The average molecular weight is 246 g/mol. The van der Waals surface area contributed by atoms with Crippen LogP contribution >= 0.6 is 0 Å². The SMILES string of the molecule is Cc1ccc(CNC2CCCCNC2=O)c(C)c1. The van der Waals surface area contributed by atoms with Gasteiger partial charge in [-0.15, -0.1) is 0 Å². The van der Waals surface area contributed by atoms with Crippen LogP contribution in [0.1, 0.15) is 36.0 Å². The zero-order chi connectivity index (χ0) is 13.0. The second-order valence-corrected chi connectivity index (χ2v) is 5.15. The number of nitrogens with one attached hydrogen (secondary N) is 2. The molecule has 1 saturated heterocycles. The Kier molecular flexibility index (Phi) is 4.37. The van der Waals surface area contributed by atoms with Crippen LogP contribution in [0.25, 0.3) is 0 Å². The van der Waals surface area contributed by atoms with Gasteiger partial charge in [0.05, 0.1) is 6.04 Å². The number of hydrogen-bond donors (Lipinski definition) is 2. The topological polar surface area (TPSA) is 41.1 Å². The van der Waals surface area contributed by atoms with Crippen molar-refractivity contribution in [3.05, 3.63) is 34.9 Å². The zero-order valence-electron chi connectivity index (χ0n) is 11.3. The van der Waals surface area contributed by atoms with E-state index < -0.39 is 0 Å². The van der Waals surface area contributed by atoms with Crippen LogP contribution in [-0.2, 0) is 11.3 Å². The minimum atomic E-state index is -0.0341. The molecule has 0 aromatic heterocycles. The maximum absolute atomic E-state index is 11.8. The van der Waals surface area contributed by atoms with E-state index in [0.717, 1.165) is 32.4 Å². The second kappa shape index (κ2) is 6.01. The van der Waals surface area contributed by atoms with Crippen molar-refractivity contribution in [1.82, 2.24) is 10.6 Å². The smallest absolute Gasteiger partial charge is 0.237 e. The first-order chi connectivity index (χ1) is 8.66. The van der Waals surface area contributed by atoms with Crippen molar-refractivity contribution >= 4 is 5.91 Å². The highest BCUT2D eigenvalue weighted by Gasteiger charge is 2.19. The molecule has 1 aromatic rings. The zero-order valence-corrected chi connectivity index (χ0v) is 11.3. The van der Waals surface area contributed by atoms with Crippen molar-refractivity contribution in [3.8, 4) is 0 Å². The molecule has 0 saturated carbocycles. The predicted octanol–water partition coefficient (Wildman–Crippen LogP) is 2.06. The van der Waals surface area contributed by atoms with Crippen LogP contribution in [0.15, 0.2) is 18.2 Å². The molecule has 2 N–H and O–H groups in total. The summed E-state index contributed by atoms with van der Waals surface area (Å²) in [6, 6.07) is 6.42. The average Bonchev–Trinajstić information content (AvgIpc) is 2.53. The van der Waals surface area contributed by atoms with E-state index in [-0.39, 0.29) is 11.9 Å². The Hall–Kier alpha value is -1.35. The minimum absolute atomic E-state index is 0.0341. The molecule has 0 spiro atoms. The third kappa shape index (κ3) is 3.33. The summed E-state index contributed by atoms with van der Waals surface area (Å²) in [4.78, 5) is 11.8. The van der Waals surface area contributed by atoms with E-state index in [1.165, 1.54) is 16.7 Å². The summed E-state index contributed by atoms with van der Waals surface area (Å²) in [5, 5.41) is 6.33. The molecule has 1 fully saturated rings. The number of aryl methyl sites for hydroxylation is 2. The molecule has 1 aliphatic heterocycles. The highest BCUT2D eigenvalue weighted by molar-refractivity contribution is 5.81. The fourth-order valence-corrected chi connectivity index (χ4v) is 2.41. The molecule has 1 aromatic carbocycles. The predicted molar refractivity (Wildman–Crippen MR) is 73.4 cm³/mol. The first kappa shape index (κ1) is 13.1. The Balaban J connectivity index is 1.95. The van der Waals surface area contributed by atoms with Crippen LogP contribution < -0.4 is 10.6 Å². The molecule has 2 rings (SSSR count). The largest absolute Gasteiger partial charge is 0.355 e. The Morgan fingerprint density at radius 2 is 2.17 bits per heavy atom. The summed E-state index contributed by atoms with van der Waals surface area (Å²) in [6.45, 7) is 5.81. The molecule has 1 aliphatic rings. The summed E-state index contributed by atoms with van der Waals surface area (Å²) < 4.78 is 0. The molecule has 1 unspecified atom stereocenters. The molecule has 3 heteroatoms. The Labute approximate surface area is 109 Å². The van der Waals surface area contributed by atoms with E-state index in [0.29, 0.717) is 0 Å². The summed E-state index contributed by atoms with van der Waals surface area (Å²) in [7, 11) is 0. The number of rotatable bonds is 3. The van der Waals surface area contributed by atoms with Gasteiger partial charge in [-0.2, -0.15) is 0 Å². The molecule has 18 heavy (non-hydrogen) atoms. The minimum Gasteiger partial charge on any atom is -0.355 e. The fraction of sp³-hybridized carbons (Fsp3) is 0.533. The summed E-state index contributed by atoms with van der Waals surface area (Å²) in [5.74, 6) is 0.150. The van der Waals surface area contributed by atoms with Gasteiger partial charge in [-0.3, -0.25) is 4.79 Å². The molecule has 3 nitrogen and oxygen atoms in total. The molecule has 98 valence electrons. The molecular formula is C15H22N2O. The Morgan fingerprint density at radius 3 is 2.94 bits per heavy atom. The standard InChI is InChI=1S/C15H22N2O/c1-11-6-7-13(12(2)9-11)10-17-14-5-3-4-8-16-15(14)18/h6-7,9,14,17H,3-5,8,10H2,1-2H3,(H,16,18). The molecule has 0 bridgehead atoms. The van der Waals surface area contributed by atoms with Crippen molar-refractivity contribution in [2.45, 2.75) is 45.7 Å². The quantitative estimate of drug-likeness (QED) is 0.857. The van der Waals surface area contributed by atoms with E-state index in [4.69, 9.17) is 0 Å². The molecule has 0 radical (unpaired) electrons. The number of benzene rings is 1. The van der Waals surface area contributed by atoms with E-state index in [1.807, 2.05) is 0 Å². The summed E-state index contributed by atoms with van der Waals surface area (Å²) in [6.07, 6.45) is 3.15. The van der Waals surface area contributed by atoms with Crippen molar-refractivity contribution in [2.24, 2.45) is 0 Å². The Bertz CT molecular complexity index is 429. The van der Waals surface area contributed by atoms with Gasteiger partial charge < -0.3 is 10.6 Å². The van der Waals surface area contributed by atoms with Gasteiger partial charge in [0.15, 0.2) is 0 Å². The van der Waals surface area contributed by atoms with Crippen molar-refractivity contribution in [1.29, 1.82) is 0 Å². The van der Waals surface area contributed by atoms with Gasteiger partial charge in [-0.05, 0) is 44.2 Å². The Morgan fingerprint density at radius 1 is 1.33 bits per heavy atom. The van der Waals surface area contributed by atoms with Crippen LogP contribution in [0.4, 0.5) is 0 Å². The molecule has 0 aliphatic carbocycles. The van der Waals surface area contributed by atoms with E-state index in [9.17, 15) is 4.79 Å². The lowest BCUT2D eigenvalue weighted by atomic mass is 10.0. The van der Waals surface area contributed by atoms with Crippen molar-refractivity contribution in [3.63, 3.8) is 0 Å². The number of hydrogen-bond acceptors (Lipinski definition) is 2. The molecule has 1 atom stereocenters. The maximum Gasteiger partial charge on any atom is 0.237 e. The maximum atomic E-state index is 11.8. The van der Waals surface area contributed by atoms with E-state index >= 15 is 0 Å². The molecule has 1 heterocycles. The highest BCUT2D eigenvalue weighted by Crippen LogP contribution is 2.12. The first-order valence-electron chi connectivity index (χ1n) is 6.74. The monoisotopic (exact) mass is 246 g/mol. The highest BCUT2D eigenvalue weighted by atomic mass is 16.2. The molecule has 1 amide bonds. The second-order valence-electron chi connectivity index (χ2n) is 5.15. The first-order valence-corrected chi connectivity index (χ1v) is 6.74. The van der Waals surface area contributed by atoms with E-state index in [1.54, 1.807) is 0 Å². The van der Waals surface area contributed by atoms with Crippen LogP contribution in [0.2, 0.25) is 0 Å². The van der Waals surface area contributed by atoms with Gasteiger partial charge in [0, 0.05) is 13.1 Å². The van der Waals surface area contributed by atoms with Crippen LogP contribution in [0.3, 0.4) is 0 Å². The van der Waals surface area contributed by atoms with Crippen molar-refractivity contribution in [2.75, 3.05) is 6.54 Å². The fourth-order valence-electron chi connectivity index (χ4n) is 2.41. The lowest BCUT2D eigenvalue weighted by Gasteiger charge is -2.16. The third-order valence-corrected chi connectivity index (χ3v) is 3.57. The van der Waals surface area contributed by atoms with Crippen LogP contribution in [-0.4, -0.2) is 18.5 Å². The van der Waals surface area contributed by atoms with Crippen LogP contribution in [0, 0.1) is 13.8 Å². The molecular weight excluding hydrogens is 224 g/mol. The summed E-state index contributed by atoms with van der Waals surface area (Å²) >= 11 is 0. The number of carbonyl (C=O) groups is 1. The van der Waals surface area contributed by atoms with Crippen LogP contribution in [0.5, 0.6) is 0 Å².